The smallest absolute Gasteiger partial charge is 0.129 e. The highest BCUT2D eigenvalue weighted by Gasteiger charge is 2.19. The Bertz CT molecular complexity index is 499. The number of aliphatic hydroxyl groups excluding tert-OH is 1. The number of H-pyrrole nitrogens is 1. The largest absolute Gasteiger partial charge is 0.383 e. The summed E-state index contributed by atoms with van der Waals surface area (Å²) >= 11 is 0. The summed E-state index contributed by atoms with van der Waals surface area (Å²) in [5, 5.41) is 16.7. The standard InChI is InChI=1S/C12H13FN2O2/c1-17-7-11-9(6-14-15-11)12(16)8-4-2-3-5-10(8)13/h2-6,12,16H,7H2,1H3,(H,14,15). The monoisotopic (exact) mass is 236 g/mol. The van der Waals surface area contributed by atoms with Gasteiger partial charge in [-0.3, -0.25) is 5.10 Å². The van der Waals surface area contributed by atoms with E-state index in [2.05, 4.69) is 10.2 Å². The molecule has 5 heteroatoms. The summed E-state index contributed by atoms with van der Waals surface area (Å²) in [5.41, 5.74) is 1.39. The van der Waals surface area contributed by atoms with E-state index in [1.165, 1.54) is 12.3 Å². The Kier molecular flexibility index (Phi) is 3.51. The molecule has 1 aromatic carbocycles. The van der Waals surface area contributed by atoms with Crippen LogP contribution in [0.1, 0.15) is 22.9 Å². The van der Waals surface area contributed by atoms with Gasteiger partial charge in [-0.2, -0.15) is 5.10 Å². The summed E-state index contributed by atoms with van der Waals surface area (Å²) in [6.45, 7) is 0.293. The van der Waals surface area contributed by atoms with Crippen molar-refractivity contribution in [1.82, 2.24) is 10.2 Å². The summed E-state index contributed by atoms with van der Waals surface area (Å²) in [4.78, 5) is 0. The molecule has 0 saturated heterocycles. The van der Waals surface area contributed by atoms with Gasteiger partial charge in [0.2, 0.25) is 0 Å². The molecule has 17 heavy (non-hydrogen) atoms. The predicted octanol–water partition coefficient (Wildman–Crippen LogP) is 1.78. The first-order valence-corrected chi connectivity index (χ1v) is 5.17. The molecule has 0 radical (unpaired) electrons. The van der Waals surface area contributed by atoms with E-state index in [1.54, 1.807) is 25.3 Å². The molecule has 2 aromatic rings. The molecule has 4 nitrogen and oxygen atoms in total. The number of nitrogens with zero attached hydrogens (tertiary/aromatic N) is 1. The Balaban J connectivity index is 2.34. The molecule has 0 amide bonds. The van der Waals surface area contributed by atoms with Crippen molar-refractivity contribution in [2.75, 3.05) is 7.11 Å². The third-order valence-corrected chi connectivity index (χ3v) is 2.53. The van der Waals surface area contributed by atoms with E-state index in [4.69, 9.17) is 4.74 Å². The van der Waals surface area contributed by atoms with Crippen molar-refractivity contribution in [1.29, 1.82) is 0 Å². The maximum atomic E-state index is 13.5. The number of aromatic nitrogens is 2. The molecule has 1 aromatic heterocycles. The summed E-state index contributed by atoms with van der Waals surface area (Å²) in [5.74, 6) is -0.440. The molecule has 1 unspecified atom stereocenters. The van der Waals surface area contributed by atoms with Crippen LogP contribution in [0.4, 0.5) is 4.39 Å². The van der Waals surface area contributed by atoms with Gasteiger partial charge < -0.3 is 9.84 Å². The molecule has 1 heterocycles. The number of methoxy groups -OCH3 is 1. The number of benzene rings is 1. The Morgan fingerprint density at radius 3 is 2.88 bits per heavy atom. The van der Waals surface area contributed by atoms with Crippen molar-refractivity contribution in [3.05, 3.63) is 53.1 Å². The third-order valence-electron chi connectivity index (χ3n) is 2.53. The fraction of sp³-hybridized carbons (Fsp3) is 0.250. The Morgan fingerprint density at radius 1 is 1.41 bits per heavy atom. The first-order valence-electron chi connectivity index (χ1n) is 5.17. The second-order valence-corrected chi connectivity index (χ2v) is 3.66. The Morgan fingerprint density at radius 2 is 2.18 bits per heavy atom. The van der Waals surface area contributed by atoms with Crippen molar-refractivity contribution >= 4 is 0 Å². The van der Waals surface area contributed by atoms with Crippen molar-refractivity contribution in [3.8, 4) is 0 Å². The van der Waals surface area contributed by atoms with E-state index >= 15 is 0 Å². The van der Waals surface area contributed by atoms with Gasteiger partial charge in [-0.05, 0) is 6.07 Å². The molecule has 0 saturated carbocycles. The van der Waals surface area contributed by atoms with Crippen LogP contribution < -0.4 is 0 Å². The highest BCUT2D eigenvalue weighted by Crippen LogP contribution is 2.25. The van der Waals surface area contributed by atoms with Gasteiger partial charge >= 0.3 is 0 Å². The fourth-order valence-corrected chi connectivity index (χ4v) is 1.68. The van der Waals surface area contributed by atoms with E-state index < -0.39 is 11.9 Å². The van der Waals surface area contributed by atoms with Gasteiger partial charge in [0.05, 0.1) is 18.5 Å². The first kappa shape index (κ1) is 11.8. The number of hydrogen-bond donors (Lipinski definition) is 2. The number of nitrogens with one attached hydrogen (secondary N) is 1. The van der Waals surface area contributed by atoms with Crippen LogP contribution in [0.3, 0.4) is 0 Å². The maximum Gasteiger partial charge on any atom is 0.129 e. The number of halogens is 1. The zero-order chi connectivity index (χ0) is 12.3. The van der Waals surface area contributed by atoms with Crippen molar-refractivity contribution < 1.29 is 14.2 Å². The van der Waals surface area contributed by atoms with E-state index in [9.17, 15) is 9.50 Å². The van der Waals surface area contributed by atoms with E-state index in [1.807, 2.05) is 0 Å². The molecule has 0 fully saturated rings. The van der Waals surface area contributed by atoms with E-state index in [0.29, 0.717) is 17.9 Å². The SMILES string of the molecule is COCc1[nH]ncc1C(O)c1ccccc1F. The highest BCUT2D eigenvalue weighted by molar-refractivity contribution is 5.31. The van der Waals surface area contributed by atoms with Gasteiger partial charge in [-0.15, -0.1) is 0 Å². The summed E-state index contributed by atoms with van der Waals surface area (Å²) < 4.78 is 18.5. The van der Waals surface area contributed by atoms with Crippen molar-refractivity contribution in [2.45, 2.75) is 12.7 Å². The Labute approximate surface area is 98.1 Å². The molecular weight excluding hydrogens is 223 g/mol. The molecule has 0 aliphatic heterocycles. The summed E-state index contributed by atoms with van der Waals surface area (Å²) in [6.07, 6.45) is 0.436. The maximum absolute atomic E-state index is 13.5. The van der Waals surface area contributed by atoms with Crippen LogP contribution in [-0.2, 0) is 11.3 Å². The minimum Gasteiger partial charge on any atom is -0.383 e. The number of ether oxygens (including phenoxy) is 1. The van der Waals surface area contributed by atoms with Crippen LogP contribution in [0.25, 0.3) is 0 Å². The second-order valence-electron chi connectivity index (χ2n) is 3.66. The first-order chi connectivity index (χ1) is 8.24. The fourth-order valence-electron chi connectivity index (χ4n) is 1.68. The normalized spacial score (nSPS) is 12.6. The van der Waals surface area contributed by atoms with Gasteiger partial charge in [-0.1, -0.05) is 18.2 Å². The Hall–Kier alpha value is -1.72. The molecule has 2 N–H and O–H groups in total. The average molecular weight is 236 g/mol. The van der Waals surface area contributed by atoms with Gasteiger partial charge in [0, 0.05) is 18.2 Å². The minimum atomic E-state index is -1.04. The summed E-state index contributed by atoms with van der Waals surface area (Å²) in [6, 6.07) is 6.12. The number of hydrogen-bond acceptors (Lipinski definition) is 3. The number of aromatic amines is 1. The van der Waals surface area contributed by atoms with Gasteiger partial charge in [-0.25, -0.2) is 4.39 Å². The van der Waals surface area contributed by atoms with Crippen LogP contribution in [-0.4, -0.2) is 22.4 Å². The van der Waals surface area contributed by atoms with E-state index in [-0.39, 0.29) is 5.56 Å². The zero-order valence-corrected chi connectivity index (χ0v) is 9.35. The van der Waals surface area contributed by atoms with Crippen LogP contribution in [0.5, 0.6) is 0 Å². The lowest BCUT2D eigenvalue weighted by Gasteiger charge is -2.11. The van der Waals surface area contributed by atoms with E-state index in [0.717, 1.165) is 0 Å². The molecular formula is C12H13FN2O2. The molecule has 2 rings (SSSR count). The summed E-state index contributed by atoms with van der Waals surface area (Å²) in [7, 11) is 1.54. The second kappa shape index (κ2) is 5.07. The predicted molar refractivity (Wildman–Crippen MR) is 59.8 cm³/mol. The van der Waals surface area contributed by atoms with Gasteiger partial charge in [0.15, 0.2) is 0 Å². The minimum absolute atomic E-state index is 0.228. The highest BCUT2D eigenvalue weighted by atomic mass is 19.1. The number of rotatable bonds is 4. The lowest BCUT2D eigenvalue weighted by atomic mass is 10.0. The average Bonchev–Trinajstić information content (AvgIpc) is 2.78. The molecule has 90 valence electrons. The van der Waals surface area contributed by atoms with Gasteiger partial charge in [0.1, 0.15) is 11.9 Å². The number of aliphatic hydroxyl groups is 1. The molecule has 0 aliphatic carbocycles. The molecule has 0 aliphatic rings. The molecule has 1 atom stereocenters. The lowest BCUT2D eigenvalue weighted by Crippen LogP contribution is -2.05. The molecule has 0 bridgehead atoms. The third kappa shape index (κ3) is 2.35. The van der Waals surface area contributed by atoms with Crippen LogP contribution in [0, 0.1) is 5.82 Å². The molecule has 0 spiro atoms. The van der Waals surface area contributed by atoms with Crippen LogP contribution in [0.2, 0.25) is 0 Å². The topological polar surface area (TPSA) is 58.1 Å². The van der Waals surface area contributed by atoms with Crippen molar-refractivity contribution in [2.24, 2.45) is 0 Å². The van der Waals surface area contributed by atoms with Crippen LogP contribution >= 0.6 is 0 Å². The van der Waals surface area contributed by atoms with Crippen molar-refractivity contribution in [3.63, 3.8) is 0 Å². The zero-order valence-electron chi connectivity index (χ0n) is 9.35. The van der Waals surface area contributed by atoms with Crippen LogP contribution in [0.15, 0.2) is 30.5 Å². The quantitative estimate of drug-likeness (QED) is 0.850. The lowest BCUT2D eigenvalue weighted by molar-refractivity contribution is 0.172. The van der Waals surface area contributed by atoms with Gasteiger partial charge in [0.25, 0.3) is 0 Å².